The van der Waals surface area contributed by atoms with E-state index in [-0.39, 0.29) is 12.2 Å². The highest BCUT2D eigenvalue weighted by molar-refractivity contribution is 5.94. The van der Waals surface area contributed by atoms with Crippen LogP contribution in [0.2, 0.25) is 0 Å². The fourth-order valence-electron chi connectivity index (χ4n) is 1.97. The van der Waals surface area contributed by atoms with Gasteiger partial charge in [0.15, 0.2) is 0 Å². The number of carbonyl (C=O) groups is 2. The van der Waals surface area contributed by atoms with E-state index in [9.17, 15) is 19.8 Å². The summed E-state index contributed by atoms with van der Waals surface area (Å²) in [7, 11) is 0. The summed E-state index contributed by atoms with van der Waals surface area (Å²) in [6.07, 6.45) is 3.02. The van der Waals surface area contributed by atoms with Gasteiger partial charge in [0.2, 0.25) is 5.91 Å². The van der Waals surface area contributed by atoms with Crippen molar-refractivity contribution in [1.82, 2.24) is 10.3 Å². The first-order valence-electron chi connectivity index (χ1n) is 6.98. The molecule has 1 atom stereocenters. The number of carboxylic acid groups (broad SMARTS) is 1. The van der Waals surface area contributed by atoms with Gasteiger partial charge in [-0.1, -0.05) is 12.1 Å². The molecule has 23 heavy (non-hydrogen) atoms. The van der Waals surface area contributed by atoms with Crippen LogP contribution in [-0.2, 0) is 16.1 Å². The molecule has 0 saturated heterocycles. The third kappa shape index (κ3) is 5.40. The Bertz CT molecular complexity index is 676. The van der Waals surface area contributed by atoms with Gasteiger partial charge in [-0.3, -0.25) is 19.9 Å². The maximum atomic E-state index is 11.9. The Kier molecular flexibility index (Phi) is 5.65. The molecule has 0 fully saturated rings. The number of nitrogens with one attached hydrogen (secondary N) is 2. The quantitative estimate of drug-likeness (QED) is 0.614. The van der Waals surface area contributed by atoms with E-state index in [1.165, 1.54) is 12.1 Å². The number of aromatic hydroxyl groups is 1. The number of hydrogen-bond acceptors (Lipinski definition) is 5. The van der Waals surface area contributed by atoms with Crippen molar-refractivity contribution in [3.63, 3.8) is 0 Å². The van der Waals surface area contributed by atoms with E-state index in [1.54, 1.807) is 30.6 Å². The molecule has 0 radical (unpaired) electrons. The summed E-state index contributed by atoms with van der Waals surface area (Å²) in [4.78, 5) is 27.1. The van der Waals surface area contributed by atoms with Crippen LogP contribution in [0.3, 0.4) is 0 Å². The van der Waals surface area contributed by atoms with E-state index in [4.69, 9.17) is 0 Å². The Labute approximate surface area is 133 Å². The lowest BCUT2D eigenvalue weighted by Gasteiger charge is -2.14. The number of rotatable bonds is 7. The van der Waals surface area contributed by atoms with Crippen molar-refractivity contribution in [2.75, 3.05) is 5.32 Å². The number of phenols is 1. The summed E-state index contributed by atoms with van der Waals surface area (Å²) in [6.45, 7) is 0.296. The summed E-state index contributed by atoms with van der Waals surface area (Å²) >= 11 is 0. The average molecular weight is 315 g/mol. The second-order valence-electron chi connectivity index (χ2n) is 4.94. The zero-order valence-corrected chi connectivity index (χ0v) is 12.3. The Morgan fingerprint density at radius 3 is 2.70 bits per heavy atom. The maximum absolute atomic E-state index is 11.9. The molecule has 7 nitrogen and oxygen atoms in total. The van der Waals surface area contributed by atoms with Gasteiger partial charge in [-0.05, 0) is 23.8 Å². The smallest absolute Gasteiger partial charge is 0.321 e. The number of aliphatic carboxylic acids is 1. The predicted octanol–water partition coefficient (Wildman–Crippen LogP) is 1.36. The van der Waals surface area contributed by atoms with Gasteiger partial charge < -0.3 is 15.5 Å². The SMILES string of the molecule is O=C(CC(NCc1cccnc1)C(=O)O)Nc1cccc(O)c1. The minimum absolute atomic E-state index is 0.0206. The Balaban J connectivity index is 1.91. The van der Waals surface area contributed by atoms with Crippen LogP contribution in [-0.4, -0.2) is 33.1 Å². The van der Waals surface area contributed by atoms with Crippen molar-refractivity contribution < 1.29 is 19.8 Å². The number of hydrogen-bond donors (Lipinski definition) is 4. The fraction of sp³-hybridized carbons (Fsp3) is 0.188. The van der Waals surface area contributed by atoms with E-state index in [2.05, 4.69) is 15.6 Å². The predicted molar refractivity (Wildman–Crippen MR) is 83.9 cm³/mol. The van der Waals surface area contributed by atoms with Crippen molar-refractivity contribution in [3.8, 4) is 5.75 Å². The lowest BCUT2D eigenvalue weighted by Crippen LogP contribution is -2.39. The highest BCUT2D eigenvalue weighted by Gasteiger charge is 2.20. The largest absolute Gasteiger partial charge is 0.508 e. The number of nitrogens with zero attached hydrogens (tertiary/aromatic N) is 1. The molecule has 0 spiro atoms. The summed E-state index contributed by atoms with van der Waals surface area (Å²) in [5.74, 6) is -1.55. The van der Waals surface area contributed by atoms with E-state index in [0.29, 0.717) is 12.2 Å². The number of carbonyl (C=O) groups excluding carboxylic acids is 1. The molecule has 0 aliphatic rings. The average Bonchev–Trinajstić information content (AvgIpc) is 2.52. The van der Waals surface area contributed by atoms with Gasteiger partial charge in [-0.15, -0.1) is 0 Å². The lowest BCUT2D eigenvalue weighted by molar-refractivity contribution is -0.141. The van der Waals surface area contributed by atoms with Gasteiger partial charge >= 0.3 is 5.97 Å². The van der Waals surface area contributed by atoms with E-state index in [1.807, 2.05) is 6.07 Å². The number of benzene rings is 1. The molecule has 4 N–H and O–H groups in total. The second kappa shape index (κ2) is 7.90. The van der Waals surface area contributed by atoms with E-state index >= 15 is 0 Å². The maximum Gasteiger partial charge on any atom is 0.321 e. The van der Waals surface area contributed by atoms with Crippen LogP contribution in [0.15, 0.2) is 48.8 Å². The number of aromatic nitrogens is 1. The Hall–Kier alpha value is -2.93. The van der Waals surface area contributed by atoms with Crippen LogP contribution in [0.4, 0.5) is 5.69 Å². The van der Waals surface area contributed by atoms with Crippen molar-refractivity contribution >= 4 is 17.6 Å². The normalized spacial score (nSPS) is 11.7. The lowest BCUT2D eigenvalue weighted by atomic mass is 10.1. The molecule has 1 unspecified atom stereocenters. The summed E-state index contributed by atoms with van der Waals surface area (Å²) in [6, 6.07) is 8.60. The molecule has 1 amide bonds. The molecule has 2 aromatic rings. The van der Waals surface area contributed by atoms with Crippen molar-refractivity contribution in [3.05, 3.63) is 54.4 Å². The Morgan fingerprint density at radius 2 is 2.04 bits per heavy atom. The van der Waals surface area contributed by atoms with Crippen LogP contribution >= 0.6 is 0 Å². The van der Waals surface area contributed by atoms with Crippen LogP contribution in [0, 0.1) is 0 Å². The molecule has 1 heterocycles. The summed E-state index contributed by atoms with van der Waals surface area (Å²) < 4.78 is 0. The molecule has 1 aromatic heterocycles. The number of carboxylic acids is 1. The van der Waals surface area contributed by atoms with Gasteiger partial charge in [0.25, 0.3) is 0 Å². The van der Waals surface area contributed by atoms with Crippen LogP contribution < -0.4 is 10.6 Å². The van der Waals surface area contributed by atoms with Crippen molar-refractivity contribution in [2.45, 2.75) is 19.0 Å². The summed E-state index contributed by atoms with van der Waals surface area (Å²) in [5, 5.41) is 23.9. The minimum Gasteiger partial charge on any atom is -0.508 e. The molecular weight excluding hydrogens is 298 g/mol. The molecule has 0 bridgehead atoms. The Morgan fingerprint density at radius 1 is 1.22 bits per heavy atom. The zero-order valence-electron chi connectivity index (χ0n) is 12.3. The third-order valence-corrected chi connectivity index (χ3v) is 3.09. The number of amides is 1. The third-order valence-electron chi connectivity index (χ3n) is 3.09. The molecule has 0 aliphatic heterocycles. The summed E-state index contributed by atoms with van der Waals surface area (Å²) in [5.41, 5.74) is 1.23. The van der Waals surface area contributed by atoms with Gasteiger partial charge in [0.1, 0.15) is 11.8 Å². The molecule has 7 heteroatoms. The first kappa shape index (κ1) is 16.4. The first-order chi connectivity index (χ1) is 11.0. The van der Waals surface area contributed by atoms with Crippen LogP contribution in [0.25, 0.3) is 0 Å². The van der Waals surface area contributed by atoms with Crippen LogP contribution in [0.1, 0.15) is 12.0 Å². The molecule has 120 valence electrons. The van der Waals surface area contributed by atoms with Gasteiger partial charge in [-0.2, -0.15) is 0 Å². The monoisotopic (exact) mass is 315 g/mol. The van der Waals surface area contributed by atoms with Crippen molar-refractivity contribution in [1.29, 1.82) is 0 Å². The number of phenolic OH excluding ortho intramolecular Hbond substituents is 1. The minimum atomic E-state index is -1.11. The van der Waals surface area contributed by atoms with Gasteiger partial charge in [0.05, 0.1) is 6.42 Å². The first-order valence-corrected chi connectivity index (χ1v) is 6.98. The molecule has 1 aromatic carbocycles. The highest BCUT2D eigenvalue weighted by atomic mass is 16.4. The fourth-order valence-corrected chi connectivity index (χ4v) is 1.97. The number of pyridine rings is 1. The highest BCUT2D eigenvalue weighted by Crippen LogP contribution is 2.15. The van der Waals surface area contributed by atoms with Gasteiger partial charge in [0, 0.05) is 30.7 Å². The zero-order chi connectivity index (χ0) is 16.7. The van der Waals surface area contributed by atoms with Gasteiger partial charge in [-0.25, -0.2) is 0 Å². The molecule has 2 rings (SSSR count). The second-order valence-corrected chi connectivity index (χ2v) is 4.94. The van der Waals surface area contributed by atoms with E-state index in [0.717, 1.165) is 5.56 Å². The standard InChI is InChI=1S/C16H17N3O4/c20-13-5-1-4-12(7-13)19-15(21)8-14(16(22)23)18-10-11-3-2-6-17-9-11/h1-7,9,14,18,20H,8,10H2,(H,19,21)(H,22,23). The number of anilines is 1. The molecule has 0 aliphatic carbocycles. The molecule has 0 saturated carbocycles. The topological polar surface area (TPSA) is 112 Å². The van der Waals surface area contributed by atoms with Crippen molar-refractivity contribution in [2.24, 2.45) is 0 Å². The van der Waals surface area contributed by atoms with E-state index < -0.39 is 17.9 Å². The molecular formula is C16H17N3O4. The van der Waals surface area contributed by atoms with Crippen LogP contribution in [0.5, 0.6) is 5.75 Å².